The summed E-state index contributed by atoms with van der Waals surface area (Å²) in [5.41, 5.74) is 2.00. The van der Waals surface area contributed by atoms with Gasteiger partial charge < -0.3 is 13.6 Å². The van der Waals surface area contributed by atoms with E-state index in [2.05, 4.69) is 0 Å². The monoisotopic (exact) mass is 684 g/mol. The van der Waals surface area contributed by atoms with Crippen molar-refractivity contribution in [2.45, 2.75) is 41.5 Å². The zero-order valence-corrected chi connectivity index (χ0v) is 29.6. The highest BCUT2D eigenvalue weighted by atomic mass is 32.5. The first kappa shape index (κ1) is 37.5. The normalized spacial score (nSPS) is 11.3. The Bertz CT molecular complexity index is 1280. The van der Waals surface area contributed by atoms with Crippen molar-refractivity contribution in [2.75, 3.05) is 54.3 Å². The molecule has 3 amide bonds. The maximum absolute atomic E-state index is 11.9. The second-order valence-corrected chi connectivity index (χ2v) is 12.8. The minimum Gasteiger partial charge on any atom is -0.407 e. The van der Waals surface area contributed by atoms with Crippen LogP contribution in [-0.2, 0) is 26.2 Å². The molecule has 3 aromatic carbocycles. The van der Waals surface area contributed by atoms with E-state index in [-0.39, 0.29) is 0 Å². The predicted octanol–water partition coefficient (Wildman–Crippen LogP) is 6.11. The third-order valence-corrected chi connectivity index (χ3v) is 9.33. The van der Waals surface area contributed by atoms with Gasteiger partial charge >= 0.3 is 6.72 Å². The molecule has 0 saturated carbocycles. The zero-order chi connectivity index (χ0) is 34.4. The Kier molecular flexibility index (Phi) is 14.6. The molecule has 3 aromatic rings. The van der Waals surface area contributed by atoms with Crippen LogP contribution in [0, 0.1) is 0 Å². The fourth-order valence-electron chi connectivity index (χ4n) is 4.88. The van der Waals surface area contributed by atoms with E-state index in [0.717, 1.165) is 19.2 Å². The first-order chi connectivity index (χ1) is 22.7. The molecule has 47 heavy (non-hydrogen) atoms. The van der Waals surface area contributed by atoms with E-state index >= 15 is 0 Å². The number of carbonyl (C=O) groups excluding carboxylic acids is 3. The molecule has 3 rings (SSSR count). The smallest absolute Gasteiger partial charge is 0.407 e. The molecule has 0 spiro atoms. The molecule has 0 bridgehead atoms. The molecule has 0 unspecified atom stereocenters. The summed E-state index contributed by atoms with van der Waals surface area (Å²) in [5.74, 6) is 1.16. The standard InChI is InChI=1S/C33H45N6O6PS/c1-7-34(8-2)37(25-40)28-13-19-31(20-14-28)43-46(47,44-32-21-15-29(16-22-32)38(26-41)35(9-3)10-4)45-33-23-17-30(18-24-33)39(27-42)36(11-5)12-6/h13-27H,7-12H2,1-6H3. The quantitative estimate of drug-likeness (QED) is 0.0743. The average Bonchev–Trinajstić information content (AvgIpc) is 3.09. The van der Waals surface area contributed by atoms with E-state index in [1.165, 1.54) is 15.0 Å². The molecule has 0 heterocycles. The lowest BCUT2D eigenvalue weighted by Crippen LogP contribution is -2.41. The highest BCUT2D eigenvalue weighted by Gasteiger charge is 2.28. The minimum absolute atomic E-state index is 0.387. The summed E-state index contributed by atoms with van der Waals surface area (Å²) >= 11 is 5.93. The molecule has 0 aliphatic rings. The van der Waals surface area contributed by atoms with Crippen LogP contribution in [0.2, 0.25) is 0 Å². The Hall–Kier alpha value is -4.00. The number of hydrogen-bond acceptors (Lipinski definition) is 10. The summed E-state index contributed by atoms with van der Waals surface area (Å²) in [4.78, 5) is 35.6. The van der Waals surface area contributed by atoms with Gasteiger partial charge in [-0.1, -0.05) is 41.5 Å². The van der Waals surface area contributed by atoms with Gasteiger partial charge in [0, 0.05) is 51.1 Å². The van der Waals surface area contributed by atoms with Gasteiger partial charge in [-0.25, -0.2) is 30.1 Å². The SMILES string of the molecule is CCN(CC)N(C=O)c1ccc(OP(=S)(Oc2ccc(N(C=O)N(CC)CC)cc2)Oc2ccc(N(C=O)N(CC)CC)cc2)cc1. The molecular formula is C33H45N6O6PS. The molecule has 0 aromatic heterocycles. The maximum atomic E-state index is 11.9. The second-order valence-electron chi connectivity index (χ2n) is 9.97. The first-order valence-corrected chi connectivity index (χ1v) is 18.3. The number of hydrazine groups is 3. The van der Waals surface area contributed by atoms with Gasteiger partial charge in [0.25, 0.3) is 0 Å². The van der Waals surface area contributed by atoms with Gasteiger partial charge in [-0.15, -0.1) is 0 Å². The van der Waals surface area contributed by atoms with E-state index in [9.17, 15) is 14.4 Å². The van der Waals surface area contributed by atoms with Crippen LogP contribution in [-0.4, -0.2) is 73.5 Å². The lowest BCUT2D eigenvalue weighted by Gasteiger charge is -2.30. The van der Waals surface area contributed by atoms with Gasteiger partial charge in [0.15, 0.2) is 0 Å². The number of anilines is 3. The fourth-order valence-corrected chi connectivity index (χ4v) is 6.91. The van der Waals surface area contributed by atoms with Crippen molar-refractivity contribution in [2.24, 2.45) is 0 Å². The Morgan fingerprint density at radius 3 is 0.851 bits per heavy atom. The predicted molar refractivity (Wildman–Crippen MR) is 190 cm³/mol. The highest BCUT2D eigenvalue weighted by Crippen LogP contribution is 2.50. The third-order valence-electron chi connectivity index (χ3n) is 7.36. The van der Waals surface area contributed by atoms with E-state index in [0.29, 0.717) is 73.6 Å². The second kappa shape index (κ2) is 18.4. The number of carbonyl (C=O) groups is 3. The maximum Gasteiger partial charge on any atom is 0.490 e. The summed E-state index contributed by atoms with van der Waals surface area (Å²) in [7, 11) is 0. The van der Waals surface area contributed by atoms with Crippen LogP contribution in [0.25, 0.3) is 0 Å². The molecule has 0 fully saturated rings. The lowest BCUT2D eigenvalue weighted by atomic mass is 10.3. The van der Waals surface area contributed by atoms with Gasteiger partial charge in [0.1, 0.15) is 17.2 Å². The summed E-state index contributed by atoms with van der Waals surface area (Å²) in [5, 5.41) is 10.3. The molecule has 0 saturated heterocycles. The van der Waals surface area contributed by atoms with Crippen molar-refractivity contribution >= 4 is 54.8 Å². The van der Waals surface area contributed by atoms with Crippen molar-refractivity contribution in [3.63, 3.8) is 0 Å². The topological polar surface area (TPSA) is 98.3 Å². The Labute approximate surface area is 283 Å². The van der Waals surface area contributed by atoms with Crippen LogP contribution in [0.1, 0.15) is 41.5 Å². The molecular weight excluding hydrogens is 639 g/mol. The highest BCUT2D eigenvalue weighted by molar-refractivity contribution is 8.08. The van der Waals surface area contributed by atoms with Crippen molar-refractivity contribution in [1.29, 1.82) is 0 Å². The number of benzene rings is 3. The van der Waals surface area contributed by atoms with Gasteiger partial charge in [-0.3, -0.25) is 14.4 Å². The van der Waals surface area contributed by atoms with Gasteiger partial charge in [0.05, 0.1) is 17.1 Å². The Morgan fingerprint density at radius 1 is 0.468 bits per heavy atom. The number of amides is 3. The molecule has 0 N–H and O–H groups in total. The molecule has 0 radical (unpaired) electrons. The van der Waals surface area contributed by atoms with Crippen molar-refractivity contribution in [1.82, 2.24) is 15.0 Å². The zero-order valence-electron chi connectivity index (χ0n) is 27.9. The summed E-state index contributed by atoms with van der Waals surface area (Å²) in [6.07, 6.45) is 2.31. The average molecular weight is 685 g/mol. The van der Waals surface area contributed by atoms with Crippen LogP contribution in [0.3, 0.4) is 0 Å². The summed E-state index contributed by atoms with van der Waals surface area (Å²) in [6, 6.07) is 20.8. The van der Waals surface area contributed by atoms with Crippen molar-refractivity contribution in [3.05, 3.63) is 72.8 Å². The molecule has 0 aliphatic heterocycles. The van der Waals surface area contributed by atoms with Gasteiger partial charge in [-0.2, -0.15) is 0 Å². The van der Waals surface area contributed by atoms with E-state index in [1.807, 2.05) is 56.6 Å². The summed E-state index contributed by atoms with van der Waals surface area (Å²) in [6.45, 7) is 12.2. The Balaban J connectivity index is 1.93. The van der Waals surface area contributed by atoms with Crippen molar-refractivity contribution in [3.8, 4) is 17.2 Å². The molecule has 0 aliphatic carbocycles. The molecule has 254 valence electrons. The third kappa shape index (κ3) is 9.75. The van der Waals surface area contributed by atoms with Crippen LogP contribution < -0.4 is 28.6 Å². The number of nitrogens with zero attached hydrogens (tertiary/aromatic N) is 6. The van der Waals surface area contributed by atoms with Crippen LogP contribution in [0.15, 0.2) is 72.8 Å². The van der Waals surface area contributed by atoms with E-state index in [1.54, 1.807) is 72.8 Å². The first-order valence-electron chi connectivity index (χ1n) is 15.7. The number of rotatable bonds is 21. The van der Waals surface area contributed by atoms with Gasteiger partial charge in [0.2, 0.25) is 19.2 Å². The largest absolute Gasteiger partial charge is 0.490 e. The number of hydrogen-bond donors (Lipinski definition) is 0. The van der Waals surface area contributed by atoms with Crippen molar-refractivity contribution < 1.29 is 28.0 Å². The van der Waals surface area contributed by atoms with E-state index < -0.39 is 6.72 Å². The Morgan fingerprint density at radius 2 is 0.681 bits per heavy atom. The molecule has 14 heteroatoms. The summed E-state index contributed by atoms with van der Waals surface area (Å²) < 4.78 is 18.7. The van der Waals surface area contributed by atoms with E-state index in [4.69, 9.17) is 25.4 Å². The fraction of sp³-hybridized carbons (Fsp3) is 0.364. The molecule has 0 atom stereocenters. The lowest BCUT2D eigenvalue weighted by molar-refractivity contribution is -0.110. The van der Waals surface area contributed by atoms with Crippen LogP contribution in [0.4, 0.5) is 17.1 Å². The minimum atomic E-state index is -3.56. The van der Waals surface area contributed by atoms with Crippen LogP contribution in [0.5, 0.6) is 17.2 Å². The van der Waals surface area contributed by atoms with Gasteiger partial charge in [-0.05, 0) is 72.8 Å². The van der Waals surface area contributed by atoms with Crippen LogP contribution >= 0.6 is 6.72 Å². The molecule has 12 nitrogen and oxygen atoms in total.